The van der Waals surface area contributed by atoms with Gasteiger partial charge in [-0.3, -0.25) is 0 Å². The van der Waals surface area contributed by atoms with Crippen molar-refractivity contribution in [2.24, 2.45) is 11.3 Å². The number of rotatable bonds is 0. The second kappa shape index (κ2) is 1.49. The van der Waals surface area contributed by atoms with Crippen LogP contribution in [0.5, 0.6) is 0 Å². The van der Waals surface area contributed by atoms with E-state index in [9.17, 15) is 0 Å². The monoisotopic (exact) mass is 111 g/mol. The lowest BCUT2D eigenvalue weighted by molar-refractivity contribution is 0.132. The first-order valence-corrected chi connectivity index (χ1v) is 3.38. The van der Waals surface area contributed by atoms with Crippen LogP contribution in [-0.2, 0) is 0 Å². The van der Waals surface area contributed by atoms with Gasteiger partial charge in [-0.15, -0.1) is 0 Å². The van der Waals surface area contributed by atoms with Crippen molar-refractivity contribution in [2.75, 3.05) is 0 Å². The summed E-state index contributed by atoms with van der Waals surface area (Å²) in [4.78, 5) is 0. The van der Waals surface area contributed by atoms with Crippen LogP contribution in [0.1, 0.15) is 34.1 Å². The van der Waals surface area contributed by atoms with Gasteiger partial charge in [-0.05, 0) is 23.7 Å². The molecule has 0 aromatic carbocycles. The van der Waals surface area contributed by atoms with Crippen molar-refractivity contribution >= 4 is 0 Å². The summed E-state index contributed by atoms with van der Waals surface area (Å²) < 4.78 is 0. The van der Waals surface area contributed by atoms with Gasteiger partial charge in [0.1, 0.15) is 0 Å². The van der Waals surface area contributed by atoms with Gasteiger partial charge in [0.05, 0.1) is 0 Å². The summed E-state index contributed by atoms with van der Waals surface area (Å²) in [6.45, 7) is 9.25. The van der Waals surface area contributed by atoms with Gasteiger partial charge in [0.15, 0.2) is 0 Å². The van der Waals surface area contributed by atoms with Crippen molar-refractivity contribution in [2.45, 2.75) is 34.1 Å². The first kappa shape index (κ1) is 6.12. The van der Waals surface area contributed by atoms with Crippen LogP contribution in [0.15, 0.2) is 0 Å². The fourth-order valence-electron chi connectivity index (χ4n) is 1.27. The summed E-state index contributed by atoms with van der Waals surface area (Å²) in [6, 6.07) is 0. The molecule has 0 bridgehead atoms. The molecule has 1 saturated carbocycles. The minimum absolute atomic E-state index is 0.556. The smallest absolute Gasteiger partial charge is 0.0210 e. The summed E-state index contributed by atoms with van der Waals surface area (Å²) >= 11 is 0. The molecule has 1 aliphatic carbocycles. The van der Waals surface area contributed by atoms with Gasteiger partial charge in [0, 0.05) is 0 Å². The largest absolute Gasteiger partial charge is 0.0620 e. The summed E-state index contributed by atoms with van der Waals surface area (Å²) in [5.74, 6) is 2.59. The van der Waals surface area contributed by atoms with Gasteiger partial charge in [0.2, 0.25) is 0 Å². The minimum atomic E-state index is 0.556. The first-order chi connectivity index (χ1) is 3.55. The Bertz CT molecular complexity index is 82.2. The molecule has 1 unspecified atom stereocenters. The van der Waals surface area contributed by atoms with Crippen molar-refractivity contribution in [3.05, 3.63) is 5.92 Å². The Balaban J connectivity index is 2.52. The van der Waals surface area contributed by atoms with E-state index in [1.807, 2.05) is 0 Å². The lowest BCUT2D eigenvalue weighted by Crippen LogP contribution is -2.39. The van der Waals surface area contributed by atoms with Crippen LogP contribution >= 0.6 is 0 Å². The van der Waals surface area contributed by atoms with Crippen molar-refractivity contribution in [3.8, 4) is 0 Å². The molecule has 1 atom stereocenters. The Labute approximate surface area is 52.3 Å². The second-order valence-electron chi connectivity index (χ2n) is 3.61. The predicted molar refractivity (Wildman–Crippen MR) is 36.5 cm³/mol. The Morgan fingerprint density at radius 1 is 1.50 bits per heavy atom. The highest BCUT2D eigenvalue weighted by Gasteiger charge is 2.42. The van der Waals surface area contributed by atoms with Gasteiger partial charge >= 0.3 is 0 Å². The molecule has 0 spiro atoms. The third-order valence-corrected chi connectivity index (χ3v) is 2.94. The van der Waals surface area contributed by atoms with Crippen molar-refractivity contribution in [1.82, 2.24) is 0 Å². The summed E-state index contributed by atoms with van der Waals surface area (Å²) in [6.07, 6.45) is 1.35. The maximum atomic E-state index is 2.33. The van der Waals surface area contributed by atoms with Crippen LogP contribution in [0, 0.1) is 17.3 Å². The highest BCUT2D eigenvalue weighted by Crippen LogP contribution is 2.51. The summed E-state index contributed by atoms with van der Waals surface area (Å²) in [5.41, 5.74) is 0.556. The standard InChI is InChI=1S/C8H15/c1-6-5-7(2)8(6,3)4/h6H,5H2,1-4H3. The van der Waals surface area contributed by atoms with Crippen LogP contribution in [-0.4, -0.2) is 0 Å². The molecule has 1 rings (SSSR count). The molecule has 47 valence electrons. The van der Waals surface area contributed by atoms with Crippen LogP contribution in [0.25, 0.3) is 0 Å². The molecule has 1 radical (unpaired) electrons. The van der Waals surface area contributed by atoms with Crippen molar-refractivity contribution < 1.29 is 0 Å². The van der Waals surface area contributed by atoms with E-state index in [1.165, 1.54) is 6.42 Å². The van der Waals surface area contributed by atoms with Gasteiger partial charge in [0.25, 0.3) is 0 Å². The molecule has 0 N–H and O–H groups in total. The first-order valence-electron chi connectivity index (χ1n) is 3.38. The highest BCUT2D eigenvalue weighted by atomic mass is 14.5. The Morgan fingerprint density at radius 2 is 2.00 bits per heavy atom. The van der Waals surface area contributed by atoms with E-state index in [0.717, 1.165) is 5.92 Å². The molecular weight excluding hydrogens is 96.1 g/mol. The molecular formula is C8H15. The topological polar surface area (TPSA) is 0 Å². The third-order valence-electron chi connectivity index (χ3n) is 2.94. The Hall–Kier alpha value is 0. The molecule has 0 heterocycles. The van der Waals surface area contributed by atoms with Gasteiger partial charge in [-0.1, -0.05) is 27.7 Å². The zero-order chi connectivity index (χ0) is 6.36. The zero-order valence-corrected chi connectivity index (χ0v) is 6.28. The van der Waals surface area contributed by atoms with Crippen molar-refractivity contribution in [3.63, 3.8) is 0 Å². The van der Waals surface area contributed by atoms with E-state index in [1.54, 1.807) is 5.92 Å². The lowest BCUT2D eigenvalue weighted by Gasteiger charge is -2.48. The van der Waals surface area contributed by atoms with Crippen LogP contribution < -0.4 is 0 Å². The van der Waals surface area contributed by atoms with Gasteiger partial charge in [-0.25, -0.2) is 0 Å². The SMILES string of the molecule is C[C]1CC(C)C1(C)C. The molecule has 1 fully saturated rings. The average molecular weight is 111 g/mol. The summed E-state index contributed by atoms with van der Waals surface area (Å²) in [7, 11) is 0. The number of hydrogen-bond acceptors (Lipinski definition) is 0. The van der Waals surface area contributed by atoms with Gasteiger partial charge < -0.3 is 0 Å². The lowest BCUT2D eigenvalue weighted by atomic mass is 9.56. The molecule has 1 aliphatic rings. The van der Waals surface area contributed by atoms with Crippen LogP contribution in [0.3, 0.4) is 0 Å². The predicted octanol–water partition coefficient (Wildman–Crippen LogP) is 2.65. The second-order valence-corrected chi connectivity index (χ2v) is 3.61. The fraction of sp³-hybridized carbons (Fsp3) is 0.875. The van der Waals surface area contributed by atoms with Crippen LogP contribution in [0.2, 0.25) is 0 Å². The summed E-state index contributed by atoms with van der Waals surface area (Å²) in [5, 5.41) is 0. The molecule has 8 heavy (non-hydrogen) atoms. The molecule has 0 aromatic heterocycles. The molecule has 0 aromatic rings. The van der Waals surface area contributed by atoms with E-state index in [2.05, 4.69) is 27.7 Å². The quantitative estimate of drug-likeness (QED) is 0.451. The molecule has 0 saturated heterocycles. The maximum Gasteiger partial charge on any atom is -0.0210 e. The molecule has 0 nitrogen and oxygen atoms in total. The van der Waals surface area contributed by atoms with E-state index >= 15 is 0 Å². The van der Waals surface area contributed by atoms with E-state index in [4.69, 9.17) is 0 Å². The normalized spacial score (nSPS) is 36.8. The zero-order valence-electron chi connectivity index (χ0n) is 6.28. The van der Waals surface area contributed by atoms with E-state index < -0.39 is 0 Å². The van der Waals surface area contributed by atoms with Crippen molar-refractivity contribution in [1.29, 1.82) is 0 Å². The minimum Gasteiger partial charge on any atom is -0.0620 e. The van der Waals surface area contributed by atoms with Gasteiger partial charge in [-0.2, -0.15) is 0 Å². The van der Waals surface area contributed by atoms with Crippen LogP contribution in [0.4, 0.5) is 0 Å². The molecule has 0 heteroatoms. The fourth-order valence-corrected chi connectivity index (χ4v) is 1.27. The average Bonchev–Trinajstić information content (AvgIpc) is 1.68. The molecule has 0 aliphatic heterocycles. The highest BCUT2D eigenvalue weighted by molar-refractivity contribution is 5.12. The van der Waals surface area contributed by atoms with E-state index in [-0.39, 0.29) is 0 Å². The van der Waals surface area contributed by atoms with E-state index in [0.29, 0.717) is 5.41 Å². The molecule has 0 amide bonds. The maximum absolute atomic E-state index is 2.33. The third kappa shape index (κ3) is 0.586. The Morgan fingerprint density at radius 3 is 2.00 bits per heavy atom. The number of hydrogen-bond donors (Lipinski definition) is 0. The Kier molecular flexibility index (Phi) is 1.14.